The molecule has 3 rings (SSSR count). The zero-order valence-corrected chi connectivity index (χ0v) is 20.2. The Bertz CT molecular complexity index is 969. The lowest BCUT2D eigenvalue weighted by molar-refractivity contribution is -0.242. The average molecular weight is 511 g/mol. The van der Waals surface area contributed by atoms with Crippen LogP contribution in [0.3, 0.4) is 0 Å². The molecule has 6 atom stereocenters. The molecule has 0 spiro atoms. The van der Waals surface area contributed by atoms with E-state index in [1.807, 2.05) is 6.07 Å². The van der Waals surface area contributed by atoms with E-state index in [0.29, 0.717) is 29.9 Å². The van der Waals surface area contributed by atoms with E-state index in [-0.39, 0.29) is 24.7 Å². The maximum Gasteiger partial charge on any atom is 0.229 e. The summed E-state index contributed by atoms with van der Waals surface area (Å²) in [5, 5.41) is 59.5. The fraction of sp³-hybridized carbons (Fsp3) is 0.520. The fourth-order valence-electron chi connectivity index (χ4n) is 3.80. The summed E-state index contributed by atoms with van der Waals surface area (Å²) in [4.78, 5) is 0. The molecule has 1 heterocycles. The molecule has 1 saturated heterocycles. The van der Waals surface area contributed by atoms with Crippen molar-refractivity contribution in [1.82, 2.24) is 0 Å². The molecule has 11 heteroatoms. The molecule has 1 aliphatic rings. The van der Waals surface area contributed by atoms with E-state index in [1.54, 1.807) is 12.1 Å². The summed E-state index contributed by atoms with van der Waals surface area (Å²) in [6.45, 7) is -0.644. The fourth-order valence-corrected chi connectivity index (χ4v) is 3.80. The van der Waals surface area contributed by atoms with Gasteiger partial charge in [0.1, 0.15) is 24.4 Å². The van der Waals surface area contributed by atoms with Crippen molar-refractivity contribution in [2.45, 2.75) is 49.7 Å². The minimum atomic E-state index is -1.49. The first kappa shape index (κ1) is 27.9. The SMILES string of the molecule is COc1cc([C@H](O)[C@H](CO)Oc2ccc(CCCO)cc2OC)ccc1O[C@@H]1OC[C@@H](O)[C@H](O)[C@H]1O. The highest BCUT2D eigenvalue weighted by molar-refractivity contribution is 5.45. The van der Waals surface area contributed by atoms with Crippen molar-refractivity contribution in [1.29, 1.82) is 0 Å². The number of benzene rings is 2. The predicted octanol–water partition coefficient (Wildman–Crippen LogP) is -0.0802. The second-order valence-electron chi connectivity index (χ2n) is 8.37. The standard InChI is InChI=1S/C25H34O11/c1-32-19-10-14(4-3-9-26)5-7-17(19)35-21(12-27)22(29)15-6-8-18(20(11-15)33-2)36-25-24(31)23(30)16(28)13-34-25/h5-8,10-11,16,21-31H,3-4,9,12-13H2,1-2H3/t16-,21+,22+,23+,24-,25+/m1/s1. The predicted molar refractivity (Wildman–Crippen MR) is 126 cm³/mol. The van der Waals surface area contributed by atoms with Gasteiger partial charge in [0.05, 0.1) is 27.4 Å². The first-order chi connectivity index (χ1) is 17.3. The molecular weight excluding hydrogens is 476 g/mol. The lowest BCUT2D eigenvalue weighted by Crippen LogP contribution is -2.54. The number of hydrogen-bond acceptors (Lipinski definition) is 11. The Kier molecular flexibility index (Phi) is 10.1. The van der Waals surface area contributed by atoms with Crippen molar-refractivity contribution in [3.8, 4) is 23.0 Å². The minimum Gasteiger partial charge on any atom is -0.493 e. The molecule has 1 aliphatic heterocycles. The van der Waals surface area contributed by atoms with Crippen molar-refractivity contribution in [2.24, 2.45) is 0 Å². The van der Waals surface area contributed by atoms with E-state index < -0.39 is 43.4 Å². The van der Waals surface area contributed by atoms with Crippen LogP contribution in [0.1, 0.15) is 23.7 Å². The van der Waals surface area contributed by atoms with E-state index in [4.69, 9.17) is 28.8 Å². The molecule has 0 aromatic heterocycles. The Labute approximate surface area is 209 Å². The van der Waals surface area contributed by atoms with Crippen molar-refractivity contribution >= 4 is 0 Å². The molecule has 6 N–H and O–H groups in total. The molecule has 0 saturated carbocycles. The van der Waals surface area contributed by atoms with Gasteiger partial charge in [0.2, 0.25) is 6.29 Å². The molecule has 0 bridgehead atoms. The lowest BCUT2D eigenvalue weighted by Gasteiger charge is -2.35. The van der Waals surface area contributed by atoms with Crippen LogP contribution < -0.4 is 18.9 Å². The second kappa shape index (κ2) is 13.1. The number of ether oxygens (including phenoxy) is 5. The van der Waals surface area contributed by atoms with Crippen LogP contribution in [-0.4, -0.2) is 95.4 Å². The van der Waals surface area contributed by atoms with Gasteiger partial charge in [0.25, 0.3) is 0 Å². The van der Waals surface area contributed by atoms with E-state index in [0.717, 1.165) is 5.56 Å². The van der Waals surface area contributed by atoms with Crippen molar-refractivity contribution in [2.75, 3.05) is 34.0 Å². The molecule has 36 heavy (non-hydrogen) atoms. The molecule has 0 unspecified atom stereocenters. The molecule has 0 radical (unpaired) electrons. The first-order valence-corrected chi connectivity index (χ1v) is 11.6. The van der Waals surface area contributed by atoms with Gasteiger partial charge in [-0.1, -0.05) is 12.1 Å². The number of aryl methyl sites for hydroxylation is 1. The number of aliphatic hydroxyl groups excluding tert-OH is 6. The maximum absolute atomic E-state index is 10.9. The summed E-state index contributed by atoms with van der Waals surface area (Å²) in [5.74, 6) is 1.13. The van der Waals surface area contributed by atoms with Gasteiger partial charge in [0, 0.05) is 6.61 Å². The normalized spacial score (nSPS) is 23.6. The highest BCUT2D eigenvalue weighted by Gasteiger charge is 2.39. The Hall–Kier alpha value is -2.64. The quantitative estimate of drug-likeness (QED) is 0.226. The molecule has 2 aromatic rings. The smallest absolute Gasteiger partial charge is 0.229 e. The monoisotopic (exact) mass is 510 g/mol. The molecule has 0 aliphatic carbocycles. The minimum absolute atomic E-state index is 0.0754. The van der Waals surface area contributed by atoms with Gasteiger partial charge in [-0.05, 0) is 48.2 Å². The summed E-state index contributed by atoms with van der Waals surface area (Å²) in [7, 11) is 2.87. The van der Waals surface area contributed by atoms with Gasteiger partial charge in [-0.3, -0.25) is 0 Å². The van der Waals surface area contributed by atoms with Gasteiger partial charge in [-0.15, -0.1) is 0 Å². The van der Waals surface area contributed by atoms with Crippen molar-refractivity contribution in [3.05, 3.63) is 47.5 Å². The number of rotatable bonds is 12. The third kappa shape index (κ3) is 6.56. The molecular formula is C25H34O11. The van der Waals surface area contributed by atoms with Gasteiger partial charge >= 0.3 is 0 Å². The Morgan fingerprint density at radius 3 is 2.28 bits per heavy atom. The number of aliphatic hydroxyl groups is 6. The number of hydrogen-bond donors (Lipinski definition) is 6. The van der Waals surface area contributed by atoms with Gasteiger partial charge in [-0.2, -0.15) is 0 Å². The zero-order chi connectivity index (χ0) is 26.2. The summed E-state index contributed by atoms with van der Waals surface area (Å²) < 4.78 is 27.5. The lowest BCUT2D eigenvalue weighted by atomic mass is 10.0. The van der Waals surface area contributed by atoms with Crippen LogP contribution in [0.25, 0.3) is 0 Å². The largest absolute Gasteiger partial charge is 0.493 e. The maximum atomic E-state index is 10.9. The first-order valence-electron chi connectivity index (χ1n) is 11.6. The van der Waals surface area contributed by atoms with Crippen LogP contribution in [0.2, 0.25) is 0 Å². The van der Waals surface area contributed by atoms with Crippen LogP contribution in [0.5, 0.6) is 23.0 Å². The van der Waals surface area contributed by atoms with Crippen LogP contribution in [0, 0.1) is 0 Å². The van der Waals surface area contributed by atoms with E-state index in [1.165, 1.54) is 32.4 Å². The highest BCUT2D eigenvalue weighted by Crippen LogP contribution is 2.35. The van der Waals surface area contributed by atoms with E-state index in [9.17, 15) is 25.5 Å². The molecule has 200 valence electrons. The highest BCUT2D eigenvalue weighted by atomic mass is 16.7. The Balaban J connectivity index is 1.75. The van der Waals surface area contributed by atoms with Crippen LogP contribution in [-0.2, 0) is 11.2 Å². The Morgan fingerprint density at radius 1 is 0.917 bits per heavy atom. The Morgan fingerprint density at radius 2 is 1.61 bits per heavy atom. The van der Waals surface area contributed by atoms with Crippen LogP contribution in [0.15, 0.2) is 36.4 Å². The molecule has 0 amide bonds. The summed E-state index contributed by atoms with van der Waals surface area (Å²) in [6, 6.07) is 9.78. The summed E-state index contributed by atoms with van der Waals surface area (Å²) >= 11 is 0. The topological polar surface area (TPSA) is 168 Å². The van der Waals surface area contributed by atoms with Gasteiger partial charge in [0.15, 0.2) is 29.1 Å². The molecule has 1 fully saturated rings. The van der Waals surface area contributed by atoms with Crippen molar-refractivity contribution in [3.63, 3.8) is 0 Å². The van der Waals surface area contributed by atoms with Crippen LogP contribution >= 0.6 is 0 Å². The second-order valence-corrected chi connectivity index (χ2v) is 8.37. The van der Waals surface area contributed by atoms with Gasteiger partial charge in [-0.25, -0.2) is 0 Å². The zero-order valence-electron chi connectivity index (χ0n) is 20.2. The van der Waals surface area contributed by atoms with Gasteiger partial charge < -0.3 is 54.3 Å². The third-order valence-electron chi connectivity index (χ3n) is 5.89. The van der Waals surface area contributed by atoms with Crippen molar-refractivity contribution < 1.29 is 54.3 Å². The van der Waals surface area contributed by atoms with E-state index >= 15 is 0 Å². The number of methoxy groups -OCH3 is 2. The molecule has 11 nitrogen and oxygen atoms in total. The summed E-state index contributed by atoms with van der Waals surface area (Å²) in [5.41, 5.74) is 1.31. The third-order valence-corrected chi connectivity index (χ3v) is 5.89. The van der Waals surface area contributed by atoms with Crippen LogP contribution in [0.4, 0.5) is 0 Å². The van der Waals surface area contributed by atoms with E-state index in [2.05, 4.69) is 0 Å². The average Bonchev–Trinajstić information content (AvgIpc) is 2.90. The summed E-state index contributed by atoms with van der Waals surface area (Å²) in [6.07, 6.45) is -6.42. The molecule has 2 aromatic carbocycles.